The number of hydrogen-bond acceptors (Lipinski definition) is 2. The van der Waals surface area contributed by atoms with Gasteiger partial charge in [0.2, 0.25) is 0 Å². The molecular formula is C14H16IN3. The van der Waals surface area contributed by atoms with Crippen LogP contribution in [-0.4, -0.2) is 15.2 Å². The van der Waals surface area contributed by atoms with Crippen molar-refractivity contribution in [1.29, 1.82) is 0 Å². The molecule has 3 rings (SSSR count). The van der Waals surface area contributed by atoms with Crippen molar-refractivity contribution < 1.29 is 0 Å². The molecule has 0 amide bonds. The van der Waals surface area contributed by atoms with E-state index in [1.165, 1.54) is 35.7 Å². The first-order chi connectivity index (χ1) is 8.83. The van der Waals surface area contributed by atoms with E-state index in [0.717, 1.165) is 17.2 Å². The van der Waals surface area contributed by atoms with Crippen molar-refractivity contribution in [3.63, 3.8) is 0 Å². The average molecular weight is 353 g/mol. The molecule has 0 unspecified atom stereocenters. The third-order valence-corrected chi connectivity index (χ3v) is 4.25. The maximum absolute atomic E-state index is 4.68. The van der Waals surface area contributed by atoms with Crippen LogP contribution in [0.3, 0.4) is 0 Å². The molecule has 1 N–H and O–H groups in total. The van der Waals surface area contributed by atoms with E-state index in [2.05, 4.69) is 56.0 Å². The van der Waals surface area contributed by atoms with Crippen LogP contribution >= 0.6 is 22.6 Å². The van der Waals surface area contributed by atoms with E-state index in [1.54, 1.807) is 0 Å². The first-order valence-electron chi connectivity index (χ1n) is 6.51. The van der Waals surface area contributed by atoms with Crippen LogP contribution in [0, 0.1) is 3.57 Å². The molecule has 0 radical (unpaired) electrons. The topological polar surface area (TPSA) is 41.6 Å². The van der Waals surface area contributed by atoms with Gasteiger partial charge in [-0.25, -0.2) is 4.98 Å². The summed E-state index contributed by atoms with van der Waals surface area (Å²) in [6.45, 7) is 0. The van der Waals surface area contributed by atoms with Gasteiger partial charge < -0.3 is 0 Å². The molecular weight excluding hydrogens is 337 g/mol. The summed E-state index contributed by atoms with van der Waals surface area (Å²) in [6.07, 6.45) is 6.52. The number of benzene rings is 1. The number of aromatic nitrogens is 3. The van der Waals surface area contributed by atoms with Crippen LogP contribution in [0.1, 0.15) is 43.8 Å². The van der Waals surface area contributed by atoms with Gasteiger partial charge in [-0.2, -0.15) is 5.10 Å². The second-order valence-electron chi connectivity index (χ2n) is 4.89. The third kappa shape index (κ3) is 2.58. The van der Waals surface area contributed by atoms with Crippen molar-refractivity contribution in [2.45, 2.75) is 38.0 Å². The Labute approximate surface area is 121 Å². The fraction of sp³-hybridized carbons (Fsp3) is 0.429. The minimum atomic E-state index is 0.586. The molecule has 1 aliphatic rings. The molecule has 1 aromatic carbocycles. The summed E-state index contributed by atoms with van der Waals surface area (Å²) in [5.41, 5.74) is 1.10. The van der Waals surface area contributed by atoms with Crippen LogP contribution < -0.4 is 0 Å². The van der Waals surface area contributed by atoms with E-state index in [9.17, 15) is 0 Å². The highest BCUT2D eigenvalue weighted by molar-refractivity contribution is 14.1. The van der Waals surface area contributed by atoms with Crippen molar-refractivity contribution in [1.82, 2.24) is 15.2 Å². The first kappa shape index (κ1) is 12.1. The Hall–Kier alpha value is -0.910. The molecule has 0 atom stereocenters. The van der Waals surface area contributed by atoms with Gasteiger partial charge in [0.05, 0.1) is 0 Å². The lowest BCUT2D eigenvalue weighted by Crippen LogP contribution is -2.06. The van der Waals surface area contributed by atoms with Crippen LogP contribution in [-0.2, 0) is 0 Å². The monoisotopic (exact) mass is 353 g/mol. The second kappa shape index (κ2) is 5.38. The fourth-order valence-corrected chi connectivity index (χ4v) is 3.13. The molecule has 0 spiro atoms. The zero-order valence-corrected chi connectivity index (χ0v) is 12.4. The van der Waals surface area contributed by atoms with E-state index in [1.807, 2.05) is 6.07 Å². The van der Waals surface area contributed by atoms with Gasteiger partial charge in [0.25, 0.3) is 0 Å². The molecule has 4 heteroatoms. The fourth-order valence-electron chi connectivity index (χ4n) is 2.59. The number of hydrogen-bond donors (Lipinski definition) is 1. The van der Waals surface area contributed by atoms with E-state index in [0.29, 0.717) is 5.92 Å². The van der Waals surface area contributed by atoms with Crippen molar-refractivity contribution in [2.75, 3.05) is 0 Å². The minimum Gasteiger partial charge on any atom is -0.262 e. The summed E-state index contributed by atoms with van der Waals surface area (Å²) >= 11 is 2.32. The molecule has 1 heterocycles. The molecule has 3 nitrogen and oxygen atoms in total. The van der Waals surface area contributed by atoms with Gasteiger partial charge in [-0.05, 0) is 47.6 Å². The number of nitrogens with zero attached hydrogens (tertiary/aromatic N) is 2. The van der Waals surface area contributed by atoms with Crippen molar-refractivity contribution in [3.8, 4) is 11.4 Å². The number of H-pyrrole nitrogens is 1. The predicted octanol–water partition coefficient (Wildman–Crippen LogP) is 4.12. The van der Waals surface area contributed by atoms with Gasteiger partial charge in [0, 0.05) is 15.1 Å². The van der Waals surface area contributed by atoms with Crippen molar-refractivity contribution in [2.24, 2.45) is 0 Å². The van der Waals surface area contributed by atoms with Crippen LogP contribution in [0.2, 0.25) is 0 Å². The predicted molar refractivity (Wildman–Crippen MR) is 80.4 cm³/mol. The summed E-state index contributed by atoms with van der Waals surface area (Å²) in [5, 5.41) is 7.49. The van der Waals surface area contributed by atoms with Crippen LogP contribution in [0.25, 0.3) is 11.4 Å². The lowest BCUT2D eigenvalue weighted by molar-refractivity contribution is 0.429. The summed E-state index contributed by atoms with van der Waals surface area (Å²) in [7, 11) is 0. The Bertz CT molecular complexity index is 529. The first-order valence-corrected chi connectivity index (χ1v) is 7.59. The standard InChI is InChI=1S/C14H16IN3/c15-12-8-4-7-11(9-12)14-16-13(17-18-14)10-5-2-1-3-6-10/h4,7-10H,1-3,5-6H2,(H,16,17,18). The summed E-state index contributed by atoms with van der Waals surface area (Å²) in [4.78, 5) is 4.68. The zero-order valence-electron chi connectivity index (χ0n) is 10.2. The Balaban J connectivity index is 1.84. The van der Waals surface area contributed by atoms with E-state index < -0.39 is 0 Å². The largest absolute Gasteiger partial charge is 0.262 e. The SMILES string of the molecule is Ic1cccc(-c2n[nH]c(C3CCCCC3)n2)c1. The lowest BCUT2D eigenvalue weighted by atomic mass is 9.89. The molecule has 1 aromatic heterocycles. The molecule has 2 aromatic rings. The number of aromatic amines is 1. The van der Waals surface area contributed by atoms with Gasteiger partial charge in [-0.15, -0.1) is 0 Å². The normalized spacial score (nSPS) is 16.9. The molecule has 94 valence electrons. The average Bonchev–Trinajstić information content (AvgIpc) is 2.89. The highest BCUT2D eigenvalue weighted by Gasteiger charge is 2.19. The van der Waals surface area contributed by atoms with E-state index >= 15 is 0 Å². The quantitative estimate of drug-likeness (QED) is 0.825. The third-order valence-electron chi connectivity index (χ3n) is 3.58. The maximum Gasteiger partial charge on any atom is 0.181 e. The van der Waals surface area contributed by atoms with Crippen molar-refractivity contribution in [3.05, 3.63) is 33.7 Å². The molecule has 1 fully saturated rings. The molecule has 1 aliphatic carbocycles. The van der Waals surface area contributed by atoms with Gasteiger partial charge >= 0.3 is 0 Å². The van der Waals surface area contributed by atoms with Crippen LogP contribution in [0.5, 0.6) is 0 Å². The van der Waals surface area contributed by atoms with E-state index in [4.69, 9.17) is 0 Å². The zero-order chi connectivity index (χ0) is 12.4. The lowest BCUT2D eigenvalue weighted by Gasteiger charge is -2.18. The number of nitrogens with one attached hydrogen (secondary N) is 1. The molecule has 0 bridgehead atoms. The maximum atomic E-state index is 4.68. The minimum absolute atomic E-state index is 0.586. The highest BCUT2D eigenvalue weighted by atomic mass is 127. The Kier molecular flexibility index (Phi) is 3.63. The van der Waals surface area contributed by atoms with Gasteiger partial charge in [-0.3, -0.25) is 5.10 Å². The summed E-state index contributed by atoms with van der Waals surface area (Å²) in [6, 6.07) is 8.32. The molecule has 0 aliphatic heterocycles. The number of halogens is 1. The smallest absolute Gasteiger partial charge is 0.181 e. The summed E-state index contributed by atoms with van der Waals surface area (Å²) < 4.78 is 1.22. The second-order valence-corrected chi connectivity index (χ2v) is 6.14. The van der Waals surface area contributed by atoms with Crippen LogP contribution in [0.4, 0.5) is 0 Å². The Morgan fingerprint density at radius 1 is 1.17 bits per heavy atom. The number of rotatable bonds is 2. The molecule has 18 heavy (non-hydrogen) atoms. The van der Waals surface area contributed by atoms with Crippen LogP contribution in [0.15, 0.2) is 24.3 Å². The van der Waals surface area contributed by atoms with Crippen molar-refractivity contribution >= 4 is 22.6 Å². The molecule has 0 saturated heterocycles. The highest BCUT2D eigenvalue weighted by Crippen LogP contribution is 2.31. The summed E-state index contributed by atoms with van der Waals surface area (Å²) in [5.74, 6) is 2.49. The molecule has 1 saturated carbocycles. The van der Waals surface area contributed by atoms with Gasteiger partial charge in [0.1, 0.15) is 5.82 Å². The van der Waals surface area contributed by atoms with Gasteiger partial charge in [0.15, 0.2) is 5.82 Å². The van der Waals surface area contributed by atoms with Gasteiger partial charge in [-0.1, -0.05) is 31.4 Å². The Morgan fingerprint density at radius 2 is 2.00 bits per heavy atom. The van der Waals surface area contributed by atoms with E-state index in [-0.39, 0.29) is 0 Å². The Morgan fingerprint density at radius 3 is 2.78 bits per heavy atom.